The first kappa shape index (κ1) is 11.9. The minimum Gasteiger partial charge on any atom is -0.481 e. The van der Waals surface area contributed by atoms with Crippen molar-refractivity contribution in [3.63, 3.8) is 0 Å². The minimum atomic E-state index is -1.04. The largest absolute Gasteiger partial charge is 0.481 e. The fourth-order valence-corrected chi connectivity index (χ4v) is 0.920. The topological polar surface area (TPSA) is 92.4 Å². The zero-order valence-corrected chi connectivity index (χ0v) is 8.13. The molecule has 0 fully saturated rings. The number of carboxylic acid groups (broad SMARTS) is 1. The fourth-order valence-electron chi connectivity index (χ4n) is 0.920. The van der Waals surface area contributed by atoms with Crippen LogP contribution in [-0.4, -0.2) is 28.6 Å². The lowest BCUT2D eigenvalue weighted by atomic mass is 10.1. The number of rotatable bonds is 4. The van der Waals surface area contributed by atoms with Gasteiger partial charge in [0.05, 0.1) is 12.5 Å². The van der Waals surface area contributed by atoms with Gasteiger partial charge in [-0.05, 0) is 20.8 Å². The number of hydrogen-bond acceptors (Lipinski definition) is 3. The number of aliphatic carboxylic acids is 1. The SMILES string of the molecule is CC(C)(C)N[C@@H](CC(=O)O)C(N)=O. The first-order valence-corrected chi connectivity index (χ1v) is 4.01. The number of amides is 1. The van der Waals surface area contributed by atoms with Gasteiger partial charge < -0.3 is 16.2 Å². The molecule has 0 unspecified atom stereocenters. The predicted molar refractivity (Wildman–Crippen MR) is 48.1 cm³/mol. The molecular weight excluding hydrogens is 172 g/mol. The Morgan fingerprint density at radius 3 is 2.15 bits per heavy atom. The standard InChI is InChI=1S/C8H16N2O3/c1-8(2,3)10-5(7(9)13)4-6(11)12/h5,10H,4H2,1-3H3,(H2,9,13)(H,11,12)/t5-/m0/s1. The van der Waals surface area contributed by atoms with Gasteiger partial charge in [-0.15, -0.1) is 0 Å². The Morgan fingerprint density at radius 1 is 1.46 bits per heavy atom. The highest BCUT2D eigenvalue weighted by Crippen LogP contribution is 2.03. The molecule has 0 aromatic rings. The van der Waals surface area contributed by atoms with Crippen molar-refractivity contribution < 1.29 is 14.7 Å². The second kappa shape index (κ2) is 4.23. The van der Waals surface area contributed by atoms with Crippen LogP contribution in [0.2, 0.25) is 0 Å². The summed E-state index contributed by atoms with van der Waals surface area (Å²) in [5, 5.41) is 11.3. The van der Waals surface area contributed by atoms with Gasteiger partial charge in [0, 0.05) is 5.54 Å². The predicted octanol–water partition coefficient (Wildman–Crippen LogP) is -0.297. The van der Waals surface area contributed by atoms with Gasteiger partial charge in [-0.1, -0.05) is 0 Å². The fraction of sp³-hybridized carbons (Fsp3) is 0.750. The van der Waals surface area contributed by atoms with Crippen molar-refractivity contribution >= 4 is 11.9 Å². The molecule has 0 aliphatic carbocycles. The molecule has 0 heterocycles. The quantitative estimate of drug-likeness (QED) is 0.565. The summed E-state index contributed by atoms with van der Waals surface area (Å²) in [5.41, 5.74) is 4.70. The maximum absolute atomic E-state index is 10.8. The lowest BCUT2D eigenvalue weighted by Crippen LogP contribution is -2.51. The lowest BCUT2D eigenvalue weighted by molar-refractivity contribution is -0.139. The molecule has 0 aromatic heterocycles. The van der Waals surface area contributed by atoms with Crippen LogP contribution in [0.25, 0.3) is 0 Å². The highest BCUT2D eigenvalue weighted by molar-refractivity contribution is 5.84. The number of carbonyl (C=O) groups excluding carboxylic acids is 1. The van der Waals surface area contributed by atoms with Gasteiger partial charge in [0.1, 0.15) is 0 Å². The average molecular weight is 188 g/mol. The molecule has 0 aliphatic rings. The Hall–Kier alpha value is -1.10. The molecule has 5 nitrogen and oxygen atoms in total. The highest BCUT2D eigenvalue weighted by Gasteiger charge is 2.23. The van der Waals surface area contributed by atoms with Crippen LogP contribution in [-0.2, 0) is 9.59 Å². The van der Waals surface area contributed by atoms with Gasteiger partial charge in [-0.2, -0.15) is 0 Å². The monoisotopic (exact) mass is 188 g/mol. The molecule has 1 atom stereocenters. The molecule has 13 heavy (non-hydrogen) atoms. The highest BCUT2D eigenvalue weighted by atomic mass is 16.4. The zero-order valence-electron chi connectivity index (χ0n) is 8.13. The van der Waals surface area contributed by atoms with Gasteiger partial charge in [-0.3, -0.25) is 9.59 Å². The lowest BCUT2D eigenvalue weighted by Gasteiger charge is -2.25. The summed E-state index contributed by atoms with van der Waals surface area (Å²) in [5.74, 6) is -1.68. The average Bonchev–Trinajstić information content (AvgIpc) is 1.81. The summed E-state index contributed by atoms with van der Waals surface area (Å²) >= 11 is 0. The van der Waals surface area contributed by atoms with Crippen LogP contribution in [0, 0.1) is 0 Å². The van der Waals surface area contributed by atoms with E-state index in [1.54, 1.807) is 0 Å². The molecule has 0 aromatic carbocycles. The summed E-state index contributed by atoms with van der Waals surface area (Å²) in [4.78, 5) is 21.2. The summed E-state index contributed by atoms with van der Waals surface area (Å²) in [6.07, 6.45) is -0.285. The van der Waals surface area contributed by atoms with E-state index in [0.29, 0.717) is 0 Å². The van der Waals surface area contributed by atoms with Crippen LogP contribution < -0.4 is 11.1 Å². The normalized spacial score (nSPS) is 13.8. The van der Waals surface area contributed by atoms with E-state index in [4.69, 9.17) is 10.8 Å². The first-order chi connectivity index (χ1) is 5.72. The van der Waals surface area contributed by atoms with E-state index in [0.717, 1.165) is 0 Å². The van der Waals surface area contributed by atoms with Gasteiger partial charge in [0.2, 0.25) is 5.91 Å². The second-order valence-corrected chi connectivity index (χ2v) is 3.95. The molecule has 0 spiro atoms. The molecule has 0 aliphatic heterocycles. The molecule has 0 saturated heterocycles. The number of nitrogens with two attached hydrogens (primary N) is 1. The van der Waals surface area contributed by atoms with Crippen LogP contribution in [0.15, 0.2) is 0 Å². The Bertz CT molecular complexity index is 208. The Morgan fingerprint density at radius 2 is 1.92 bits per heavy atom. The maximum Gasteiger partial charge on any atom is 0.305 e. The molecule has 0 radical (unpaired) electrons. The van der Waals surface area contributed by atoms with Crippen LogP contribution in [0.5, 0.6) is 0 Å². The van der Waals surface area contributed by atoms with Crippen molar-refractivity contribution in [2.75, 3.05) is 0 Å². The van der Waals surface area contributed by atoms with Gasteiger partial charge in [0.25, 0.3) is 0 Å². The Balaban J connectivity index is 4.27. The smallest absolute Gasteiger partial charge is 0.305 e. The third-order valence-electron chi connectivity index (χ3n) is 1.33. The van der Waals surface area contributed by atoms with E-state index >= 15 is 0 Å². The number of primary amides is 1. The van der Waals surface area contributed by atoms with Crippen molar-refractivity contribution in [2.24, 2.45) is 5.73 Å². The maximum atomic E-state index is 10.8. The first-order valence-electron chi connectivity index (χ1n) is 4.01. The molecule has 4 N–H and O–H groups in total. The molecule has 1 amide bonds. The summed E-state index contributed by atoms with van der Waals surface area (Å²) in [7, 11) is 0. The third-order valence-corrected chi connectivity index (χ3v) is 1.33. The Kier molecular flexibility index (Phi) is 3.87. The van der Waals surface area contributed by atoms with Crippen LogP contribution in [0.3, 0.4) is 0 Å². The summed E-state index contributed by atoms with van der Waals surface area (Å²) in [6, 6.07) is -0.808. The van der Waals surface area contributed by atoms with Crippen LogP contribution in [0.4, 0.5) is 0 Å². The van der Waals surface area contributed by atoms with E-state index in [2.05, 4.69) is 5.32 Å². The summed E-state index contributed by atoms with van der Waals surface area (Å²) < 4.78 is 0. The van der Waals surface area contributed by atoms with Gasteiger partial charge in [-0.25, -0.2) is 0 Å². The molecule has 76 valence electrons. The van der Waals surface area contributed by atoms with Crippen molar-refractivity contribution in [3.8, 4) is 0 Å². The summed E-state index contributed by atoms with van der Waals surface area (Å²) in [6.45, 7) is 5.51. The van der Waals surface area contributed by atoms with Crippen molar-refractivity contribution in [1.29, 1.82) is 0 Å². The number of nitrogens with one attached hydrogen (secondary N) is 1. The van der Waals surface area contributed by atoms with Crippen molar-refractivity contribution in [3.05, 3.63) is 0 Å². The second-order valence-electron chi connectivity index (χ2n) is 3.95. The number of carbonyl (C=O) groups is 2. The number of hydrogen-bond donors (Lipinski definition) is 3. The van der Waals surface area contributed by atoms with Crippen molar-refractivity contribution in [2.45, 2.75) is 38.8 Å². The van der Waals surface area contributed by atoms with E-state index in [9.17, 15) is 9.59 Å². The van der Waals surface area contributed by atoms with Crippen LogP contribution >= 0.6 is 0 Å². The van der Waals surface area contributed by atoms with Crippen molar-refractivity contribution in [1.82, 2.24) is 5.32 Å². The molecule has 5 heteroatoms. The minimum absolute atomic E-state index is 0.285. The van der Waals surface area contributed by atoms with E-state index in [1.165, 1.54) is 0 Å². The van der Waals surface area contributed by atoms with Gasteiger partial charge >= 0.3 is 5.97 Å². The molecule has 0 rings (SSSR count). The zero-order chi connectivity index (χ0) is 10.6. The van der Waals surface area contributed by atoms with E-state index in [-0.39, 0.29) is 12.0 Å². The van der Waals surface area contributed by atoms with E-state index < -0.39 is 17.9 Å². The number of carboxylic acids is 1. The molecular formula is C8H16N2O3. The molecule has 0 bridgehead atoms. The molecule has 0 saturated carbocycles. The third kappa shape index (κ3) is 6.10. The Labute approximate surface area is 77.3 Å². The van der Waals surface area contributed by atoms with Crippen LogP contribution in [0.1, 0.15) is 27.2 Å². The van der Waals surface area contributed by atoms with E-state index in [1.807, 2.05) is 20.8 Å². The van der Waals surface area contributed by atoms with Gasteiger partial charge in [0.15, 0.2) is 0 Å².